The minimum atomic E-state index is -0.325. The van der Waals surface area contributed by atoms with Crippen molar-refractivity contribution in [3.05, 3.63) is 94.7 Å². The first kappa shape index (κ1) is 23.2. The molecule has 7 nitrogen and oxygen atoms in total. The molecule has 2 heterocycles. The Labute approximate surface area is 199 Å². The number of hydrogen-bond acceptors (Lipinski definition) is 5. The normalized spacial score (nSPS) is 10.8. The van der Waals surface area contributed by atoms with Gasteiger partial charge in [-0.2, -0.15) is 5.10 Å². The molecular weight excluding hydrogens is 430 g/mol. The molecule has 0 aliphatic heterocycles. The summed E-state index contributed by atoms with van der Waals surface area (Å²) in [5.41, 5.74) is 4.73. The molecule has 0 spiro atoms. The van der Waals surface area contributed by atoms with Crippen molar-refractivity contribution in [1.29, 1.82) is 0 Å². The number of aromatic nitrogens is 2. The van der Waals surface area contributed by atoms with Crippen LogP contribution in [0, 0.1) is 20.8 Å². The molecule has 176 valence electrons. The Bertz CT molecular complexity index is 1270. The highest BCUT2D eigenvalue weighted by Gasteiger charge is 2.18. The van der Waals surface area contributed by atoms with E-state index in [9.17, 15) is 4.79 Å². The van der Waals surface area contributed by atoms with Crippen molar-refractivity contribution in [2.45, 2.75) is 40.8 Å². The van der Waals surface area contributed by atoms with Crippen molar-refractivity contribution in [1.82, 2.24) is 9.78 Å². The zero-order valence-electron chi connectivity index (χ0n) is 19.9. The van der Waals surface area contributed by atoms with E-state index in [-0.39, 0.29) is 18.3 Å². The number of rotatable bonds is 9. The molecule has 0 unspecified atom stereocenters. The Morgan fingerprint density at radius 2 is 1.68 bits per heavy atom. The summed E-state index contributed by atoms with van der Waals surface area (Å²) in [7, 11) is 0. The van der Waals surface area contributed by atoms with E-state index in [1.165, 1.54) is 11.1 Å². The first-order valence-electron chi connectivity index (χ1n) is 11.3. The van der Waals surface area contributed by atoms with Gasteiger partial charge in [-0.15, -0.1) is 0 Å². The van der Waals surface area contributed by atoms with Gasteiger partial charge in [-0.3, -0.25) is 9.48 Å². The molecule has 2 aromatic heterocycles. The van der Waals surface area contributed by atoms with E-state index in [1.54, 1.807) is 12.1 Å². The molecule has 1 N–H and O–H groups in total. The second kappa shape index (κ2) is 10.3. The molecule has 0 radical (unpaired) electrons. The van der Waals surface area contributed by atoms with Gasteiger partial charge in [0.2, 0.25) is 0 Å². The topological polar surface area (TPSA) is 78.5 Å². The lowest BCUT2D eigenvalue weighted by Gasteiger charge is -2.08. The lowest BCUT2D eigenvalue weighted by Crippen LogP contribution is -2.12. The first-order chi connectivity index (χ1) is 16.4. The summed E-state index contributed by atoms with van der Waals surface area (Å²) in [6.07, 6.45) is 0. The Morgan fingerprint density at radius 3 is 2.38 bits per heavy atom. The van der Waals surface area contributed by atoms with E-state index >= 15 is 0 Å². The molecule has 34 heavy (non-hydrogen) atoms. The maximum atomic E-state index is 12.8. The minimum absolute atomic E-state index is 0.216. The van der Waals surface area contributed by atoms with Crippen LogP contribution in [0.4, 0.5) is 5.69 Å². The Hall–Kier alpha value is -4.00. The fourth-order valence-electron chi connectivity index (χ4n) is 3.69. The Kier molecular flexibility index (Phi) is 7.01. The molecule has 0 atom stereocenters. The van der Waals surface area contributed by atoms with E-state index in [2.05, 4.69) is 29.5 Å². The first-order valence-corrected chi connectivity index (χ1v) is 11.3. The summed E-state index contributed by atoms with van der Waals surface area (Å²) in [5, 5.41) is 7.57. The second-order valence-electron chi connectivity index (χ2n) is 8.04. The maximum absolute atomic E-state index is 12.8. The highest BCUT2D eigenvalue weighted by Crippen LogP contribution is 2.23. The van der Waals surface area contributed by atoms with E-state index in [4.69, 9.17) is 13.9 Å². The van der Waals surface area contributed by atoms with Crippen LogP contribution in [-0.4, -0.2) is 22.3 Å². The largest absolute Gasteiger partial charge is 0.494 e. The average Bonchev–Trinajstić information content (AvgIpc) is 3.41. The van der Waals surface area contributed by atoms with Gasteiger partial charge in [0.05, 0.1) is 30.2 Å². The smallest absolute Gasteiger partial charge is 0.291 e. The summed E-state index contributed by atoms with van der Waals surface area (Å²) in [4.78, 5) is 12.8. The van der Waals surface area contributed by atoms with Gasteiger partial charge in [0.25, 0.3) is 5.91 Å². The molecule has 1 amide bonds. The maximum Gasteiger partial charge on any atom is 0.291 e. The van der Waals surface area contributed by atoms with E-state index in [1.807, 2.05) is 61.9 Å². The molecule has 4 rings (SSSR count). The van der Waals surface area contributed by atoms with Crippen molar-refractivity contribution in [3.8, 4) is 11.5 Å². The number of nitrogens with one attached hydrogen (secondary N) is 1. The van der Waals surface area contributed by atoms with Gasteiger partial charge in [0.15, 0.2) is 5.76 Å². The molecule has 4 aromatic rings. The number of benzene rings is 2. The molecule has 0 bridgehead atoms. The predicted octanol–water partition coefficient (Wildman–Crippen LogP) is 5.68. The zero-order valence-corrected chi connectivity index (χ0v) is 19.9. The van der Waals surface area contributed by atoms with Crippen molar-refractivity contribution < 1.29 is 18.7 Å². The number of nitrogens with zero attached hydrogens (tertiary/aromatic N) is 2. The molecule has 0 saturated carbocycles. The Morgan fingerprint density at radius 1 is 0.971 bits per heavy atom. The van der Waals surface area contributed by atoms with Crippen molar-refractivity contribution in [2.24, 2.45) is 0 Å². The van der Waals surface area contributed by atoms with Gasteiger partial charge in [-0.25, -0.2) is 0 Å². The van der Waals surface area contributed by atoms with Gasteiger partial charge in [0.1, 0.15) is 23.9 Å². The third-order valence-corrected chi connectivity index (χ3v) is 5.60. The van der Waals surface area contributed by atoms with E-state index in [0.717, 1.165) is 17.1 Å². The quantitative estimate of drug-likeness (QED) is 0.348. The molecule has 7 heteroatoms. The van der Waals surface area contributed by atoms with Crippen LogP contribution in [0.15, 0.2) is 65.1 Å². The van der Waals surface area contributed by atoms with Crippen LogP contribution >= 0.6 is 0 Å². The number of carbonyl (C=O) groups is 1. The minimum Gasteiger partial charge on any atom is -0.494 e. The van der Waals surface area contributed by atoms with Crippen LogP contribution in [0.3, 0.4) is 0 Å². The zero-order chi connectivity index (χ0) is 24.1. The Balaban J connectivity index is 1.39. The third kappa shape index (κ3) is 5.31. The van der Waals surface area contributed by atoms with E-state index in [0.29, 0.717) is 30.3 Å². The lowest BCUT2D eigenvalue weighted by molar-refractivity contribution is 0.0992. The highest BCUT2D eigenvalue weighted by atomic mass is 16.5. The summed E-state index contributed by atoms with van der Waals surface area (Å²) < 4.78 is 18.8. The lowest BCUT2D eigenvalue weighted by atomic mass is 10.1. The molecule has 0 saturated heterocycles. The number of ether oxygens (including phenoxy) is 2. The summed E-state index contributed by atoms with van der Waals surface area (Å²) in [6.45, 7) is 9.33. The van der Waals surface area contributed by atoms with E-state index < -0.39 is 0 Å². The van der Waals surface area contributed by atoms with Gasteiger partial charge in [0, 0.05) is 0 Å². The van der Waals surface area contributed by atoms with Gasteiger partial charge in [-0.05, 0) is 75.2 Å². The standard InChI is InChI=1S/C27H29N3O4/c1-5-32-22-10-12-23(13-11-22)33-17-24-14-15-25(34-24)27(31)28-26-19(3)29-30(20(26)4)16-21-9-7-6-8-18(21)2/h6-15H,5,16-17H2,1-4H3,(H,28,31). The van der Waals surface area contributed by atoms with Crippen LogP contribution < -0.4 is 14.8 Å². The molecule has 0 aliphatic rings. The van der Waals surface area contributed by atoms with Crippen LogP contribution in [0.2, 0.25) is 0 Å². The summed E-state index contributed by atoms with van der Waals surface area (Å²) >= 11 is 0. The molecule has 2 aromatic carbocycles. The van der Waals surface area contributed by atoms with Crippen molar-refractivity contribution in [3.63, 3.8) is 0 Å². The number of amides is 1. The molecule has 0 fully saturated rings. The molecule has 0 aliphatic carbocycles. The fourth-order valence-corrected chi connectivity index (χ4v) is 3.69. The van der Waals surface area contributed by atoms with Crippen molar-refractivity contribution in [2.75, 3.05) is 11.9 Å². The number of anilines is 1. The van der Waals surface area contributed by atoms with Crippen LogP contribution in [0.1, 0.15) is 45.8 Å². The van der Waals surface area contributed by atoms with Crippen LogP contribution in [-0.2, 0) is 13.2 Å². The third-order valence-electron chi connectivity index (χ3n) is 5.60. The van der Waals surface area contributed by atoms with Crippen LogP contribution in [0.5, 0.6) is 11.5 Å². The van der Waals surface area contributed by atoms with Crippen molar-refractivity contribution >= 4 is 11.6 Å². The second-order valence-corrected chi connectivity index (χ2v) is 8.04. The number of aryl methyl sites for hydroxylation is 2. The summed E-state index contributed by atoms with van der Waals surface area (Å²) in [6, 6.07) is 19.0. The van der Waals surface area contributed by atoms with Gasteiger partial charge >= 0.3 is 0 Å². The van der Waals surface area contributed by atoms with Gasteiger partial charge in [-0.1, -0.05) is 24.3 Å². The fraction of sp³-hybridized carbons (Fsp3) is 0.259. The molecular formula is C27H29N3O4. The van der Waals surface area contributed by atoms with Crippen LogP contribution in [0.25, 0.3) is 0 Å². The van der Waals surface area contributed by atoms with Gasteiger partial charge < -0.3 is 19.2 Å². The predicted molar refractivity (Wildman–Crippen MR) is 131 cm³/mol. The number of hydrogen-bond donors (Lipinski definition) is 1. The number of carbonyl (C=O) groups excluding carboxylic acids is 1. The average molecular weight is 460 g/mol. The monoisotopic (exact) mass is 459 g/mol. The summed E-state index contributed by atoms with van der Waals surface area (Å²) in [5.74, 6) is 1.94. The number of furan rings is 1. The highest BCUT2D eigenvalue weighted by molar-refractivity contribution is 6.02. The SMILES string of the molecule is CCOc1ccc(OCc2ccc(C(=O)Nc3c(C)nn(Cc4ccccc4C)c3C)o2)cc1.